The summed E-state index contributed by atoms with van der Waals surface area (Å²) >= 11 is 0. The lowest BCUT2D eigenvalue weighted by molar-refractivity contribution is -0.164. The summed E-state index contributed by atoms with van der Waals surface area (Å²) in [4.78, 5) is 11.2. The molecule has 0 aliphatic heterocycles. The molecule has 1 atom stereocenters. The Morgan fingerprint density at radius 2 is 2.00 bits per heavy atom. The second kappa shape index (κ2) is 7.17. The summed E-state index contributed by atoms with van der Waals surface area (Å²) in [5.41, 5.74) is 0.117. The summed E-state index contributed by atoms with van der Waals surface area (Å²) in [6.45, 7) is 4.15. The summed E-state index contributed by atoms with van der Waals surface area (Å²) in [7, 11) is 0. The van der Waals surface area contributed by atoms with Gasteiger partial charge in [-0.05, 0) is 25.3 Å². The smallest absolute Gasteiger partial charge is 0.335 e. The number of hydrogen-bond donors (Lipinski definition) is 1. The number of benzene rings is 1. The largest absolute Gasteiger partial charge is 0.479 e. The highest BCUT2D eigenvalue weighted by Gasteiger charge is 2.33. The zero-order valence-electron chi connectivity index (χ0n) is 11.2. The van der Waals surface area contributed by atoms with Crippen LogP contribution in [0, 0.1) is 0 Å². The highest BCUT2D eigenvalue weighted by molar-refractivity contribution is 5.76. The van der Waals surface area contributed by atoms with Gasteiger partial charge in [0.1, 0.15) is 0 Å². The van der Waals surface area contributed by atoms with Gasteiger partial charge in [0.05, 0.1) is 6.61 Å². The minimum atomic E-state index is -1.05. The third-order valence-electron chi connectivity index (χ3n) is 3.11. The van der Waals surface area contributed by atoms with Gasteiger partial charge in [0.2, 0.25) is 0 Å². The van der Waals surface area contributed by atoms with E-state index in [0.717, 1.165) is 19.3 Å². The molecule has 0 spiro atoms. The fraction of sp³-hybridized carbons (Fsp3) is 0.533. The Balaban J connectivity index is 2.45. The first kappa shape index (κ1) is 14.7. The summed E-state index contributed by atoms with van der Waals surface area (Å²) in [5.74, 6) is -0.871. The van der Waals surface area contributed by atoms with Gasteiger partial charge in [0, 0.05) is 0 Å². The standard InChI is InChI=1S/C15H22O3/c1-3-4-11-15(2,14(16)17)18-12-10-13-8-6-5-7-9-13/h5-9H,3-4,10-12H2,1-2H3,(H,16,17). The van der Waals surface area contributed by atoms with E-state index in [1.807, 2.05) is 37.3 Å². The zero-order chi connectivity index (χ0) is 13.4. The molecule has 18 heavy (non-hydrogen) atoms. The van der Waals surface area contributed by atoms with Crippen LogP contribution < -0.4 is 0 Å². The number of carboxylic acids is 1. The van der Waals surface area contributed by atoms with E-state index >= 15 is 0 Å². The van der Waals surface area contributed by atoms with Crippen molar-refractivity contribution in [3.8, 4) is 0 Å². The molecular weight excluding hydrogens is 228 g/mol. The highest BCUT2D eigenvalue weighted by Crippen LogP contribution is 2.19. The van der Waals surface area contributed by atoms with Crippen LogP contribution in [0.4, 0.5) is 0 Å². The molecule has 0 aliphatic rings. The van der Waals surface area contributed by atoms with E-state index in [1.165, 1.54) is 5.56 Å². The van der Waals surface area contributed by atoms with Crippen molar-refractivity contribution in [3.05, 3.63) is 35.9 Å². The molecule has 1 aromatic carbocycles. The average molecular weight is 250 g/mol. The number of carboxylic acid groups (broad SMARTS) is 1. The molecule has 3 nitrogen and oxygen atoms in total. The van der Waals surface area contributed by atoms with Crippen molar-refractivity contribution in [3.63, 3.8) is 0 Å². The topological polar surface area (TPSA) is 46.5 Å². The maximum atomic E-state index is 11.2. The third-order valence-corrected chi connectivity index (χ3v) is 3.11. The molecule has 0 saturated carbocycles. The molecule has 0 aromatic heterocycles. The Hall–Kier alpha value is -1.35. The van der Waals surface area contributed by atoms with E-state index in [0.29, 0.717) is 13.0 Å². The quantitative estimate of drug-likeness (QED) is 0.770. The molecule has 3 heteroatoms. The van der Waals surface area contributed by atoms with Crippen LogP contribution in [0.1, 0.15) is 38.7 Å². The molecule has 100 valence electrons. The Morgan fingerprint density at radius 3 is 2.56 bits per heavy atom. The van der Waals surface area contributed by atoms with Gasteiger partial charge >= 0.3 is 5.97 Å². The van der Waals surface area contributed by atoms with Crippen molar-refractivity contribution < 1.29 is 14.6 Å². The minimum absolute atomic E-state index is 0.441. The summed E-state index contributed by atoms with van der Waals surface area (Å²) in [6, 6.07) is 9.96. The summed E-state index contributed by atoms with van der Waals surface area (Å²) < 4.78 is 5.60. The molecule has 0 heterocycles. The second-order valence-electron chi connectivity index (χ2n) is 4.72. The van der Waals surface area contributed by atoms with E-state index in [2.05, 4.69) is 0 Å². The zero-order valence-corrected chi connectivity index (χ0v) is 11.2. The number of unbranched alkanes of at least 4 members (excludes halogenated alkanes) is 1. The normalized spacial score (nSPS) is 14.1. The van der Waals surface area contributed by atoms with Crippen LogP contribution in [0.15, 0.2) is 30.3 Å². The highest BCUT2D eigenvalue weighted by atomic mass is 16.5. The molecule has 1 aromatic rings. The predicted octanol–water partition coefficient (Wildman–Crippen LogP) is 3.28. The average Bonchev–Trinajstić information content (AvgIpc) is 2.37. The molecule has 0 saturated heterocycles. The maximum Gasteiger partial charge on any atom is 0.335 e. The van der Waals surface area contributed by atoms with E-state index in [9.17, 15) is 9.90 Å². The van der Waals surface area contributed by atoms with E-state index in [4.69, 9.17) is 4.74 Å². The lowest BCUT2D eigenvalue weighted by Gasteiger charge is -2.25. The number of carbonyl (C=O) groups is 1. The Bertz CT molecular complexity index is 361. The summed E-state index contributed by atoms with van der Waals surface area (Å²) in [5, 5.41) is 9.23. The predicted molar refractivity (Wildman–Crippen MR) is 71.7 cm³/mol. The van der Waals surface area contributed by atoms with Gasteiger partial charge in [-0.25, -0.2) is 4.79 Å². The van der Waals surface area contributed by atoms with E-state index < -0.39 is 11.6 Å². The first-order valence-corrected chi connectivity index (χ1v) is 6.50. The molecular formula is C15H22O3. The van der Waals surface area contributed by atoms with Gasteiger partial charge in [-0.2, -0.15) is 0 Å². The molecule has 1 N–H and O–H groups in total. The van der Waals surface area contributed by atoms with Crippen molar-refractivity contribution in [1.29, 1.82) is 0 Å². The van der Waals surface area contributed by atoms with Crippen molar-refractivity contribution in [1.82, 2.24) is 0 Å². The van der Waals surface area contributed by atoms with Crippen LogP contribution in [0.2, 0.25) is 0 Å². The van der Waals surface area contributed by atoms with Crippen molar-refractivity contribution in [2.24, 2.45) is 0 Å². The molecule has 0 radical (unpaired) electrons. The molecule has 1 rings (SSSR count). The molecule has 0 amide bonds. The van der Waals surface area contributed by atoms with Gasteiger partial charge in [-0.15, -0.1) is 0 Å². The first-order valence-electron chi connectivity index (χ1n) is 6.50. The van der Waals surface area contributed by atoms with E-state index in [-0.39, 0.29) is 0 Å². The SMILES string of the molecule is CCCCC(C)(OCCc1ccccc1)C(=O)O. The van der Waals surface area contributed by atoms with Crippen LogP contribution >= 0.6 is 0 Å². The Kier molecular flexibility index (Phi) is 5.86. The lowest BCUT2D eigenvalue weighted by atomic mass is 9.99. The minimum Gasteiger partial charge on any atom is -0.479 e. The van der Waals surface area contributed by atoms with Gasteiger partial charge in [0.25, 0.3) is 0 Å². The third kappa shape index (κ3) is 4.49. The van der Waals surface area contributed by atoms with Crippen molar-refractivity contribution >= 4 is 5.97 Å². The van der Waals surface area contributed by atoms with Gasteiger partial charge in [-0.3, -0.25) is 0 Å². The number of aliphatic carboxylic acids is 1. The van der Waals surface area contributed by atoms with Gasteiger partial charge < -0.3 is 9.84 Å². The summed E-state index contributed by atoms with van der Waals surface area (Å²) in [6.07, 6.45) is 3.16. The van der Waals surface area contributed by atoms with E-state index in [1.54, 1.807) is 6.92 Å². The van der Waals surface area contributed by atoms with Gasteiger partial charge in [0.15, 0.2) is 5.60 Å². The molecule has 0 bridgehead atoms. The molecule has 0 aliphatic carbocycles. The number of rotatable bonds is 8. The monoisotopic (exact) mass is 250 g/mol. The van der Waals surface area contributed by atoms with Crippen LogP contribution in [0.5, 0.6) is 0 Å². The maximum absolute atomic E-state index is 11.2. The molecule has 0 fully saturated rings. The fourth-order valence-electron chi connectivity index (χ4n) is 1.79. The van der Waals surface area contributed by atoms with Crippen LogP contribution in [-0.4, -0.2) is 23.3 Å². The van der Waals surface area contributed by atoms with Gasteiger partial charge in [-0.1, -0.05) is 50.1 Å². The second-order valence-corrected chi connectivity index (χ2v) is 4.72. The van der Waals surface area contributed by atoms with Crippen LogP contribution in [-0.2, 0) is 16.0 Å². The Labute approximate surface area is 109 Å². The van der Waals surface area contributed by atoms with Crippen LogP contribution in [0.25, 0.3) is 0 Å². The first-order chi connectivity index (χ1) is 8.58. The van der Waals surface area contributed by atoms with Crippen LogP contribution in [0.3, 0.4) is 0 Å². The fourth-order valence-corrected chi connectivity index (χ4v) is 1.79. The lowest BCUT2D eigenvalue weighted by Crippen LogP contribution is -2.38. The Morgan fingerprint density at radius 1 is 1.33 bits per heavy atom. The number of hydrogen-bond acceptors (Lipinski definition) is 2. The van der Waals surface area contributed by atoms with Crippen molar-refractivity contribution in [2.75, 3.05) is 6.61 Å². The molecule has 1 unspecified atom stereocenters. The van der Waals surface area contributed by atoms with Crippen molar-refractivity contribution in [2.45, 2.75) is 45.1 Å². The number of ether oxygens (including phenoxy) is 1.